The molecule has 0 aromatic heterocycles. The van der Waals surface area contributed by atoms with Crippen LogP contribution in [0.3, 0.4) is 0 Å². The van der Waals surface area contributed by atoms with Gasteiger partial charge in [0.25, 0.3) is 5.91 Å². The van der Waals surface area contributed by atoms with E-state index in [1.807, 2.05) is 4.90 Å². The number of carbonyl (C=O) groups excluding carboxylic acids is 1. The maximum absolute atomic E-state index is 12.4. The number of methoxy groups -OCH3 is 1. The number of likely N-dealkylation sites (tertiary alicyclic amines) is 2. The lowest BCUT2D eigenvalue weighted by Gasteiger charge is -2.50. The monoisotopic (exact) mass is 268 g/mol. The molecule has 3 aliphatic heterocycles. The van der Waals surface area contributed by atoms with Gasteiger partial charge in [0.1, 0.15) is 6.10 Å². The second kappa shape index (κ2) is 5.38. The predicted molar refractivity (Wildman–Crippen MR) is 71.0 cm³/mol. The van der Waals surface area contributed by atoms with E-state index in [1.165, 1.54) is 6.42 Å². The van der Waals surface area contributed by atoms with E-state index >= 15 is 0 Å². The average molecular weight is 268 g/mol. The molecule has 3 saturated heterocycles. The number of rotatable bonds is 4. The van der Waals surface area contributed by atoms with Gasteiger partial charge in [-0.3, -0.25) is 9.69 Å². The van der Waals surface area contributed by atoms with Crippen molar-refractivity contribution < 1.29 is 14.3 Å². The molecule has 0 aromatic carbocycles. The van der Waals surface area contributed by atoms with Crippen LogP contribution < -0.4 is 0 Å². The molecule has 0 saturated carbocycles. The first kappa shape index (κ1) is 13.3. The quantitative estimate of drug-likeness (QED) is 0.744. The minimum absolute atomic E-state index is 0.164. The highest BCUT2D eigenvalue weighted by Crippen LogP contribution is 2.39. The first-order chi connectivity index (χ1) is 9.25. The van der Waals surface area contributed by atoms with Crippen molar-refractivity contribution in [1.29, 1.82) is 0 Å². The first-order valence-corrected chi connectivity index (χ1v) is 7.40. The number of hydrogen-bond acceptors (Lipinski definition) is 4. The fourth-order valence-corrected chi connectivity index (χ4v) is 3.62. The molecule has 5 heteroatoms. The molecule has 0 bridgehead atoms. The fourth-order valence-electron chi connectivity index (χ4n) is 3.62. The van der Waals surface area contributed by atoms with E-state index in [4.69, 9.17) is 9.47 Å². The molecule has 2 atom stereocenters. The lowest BCUT2D eigenvalue weighted by atomic mass is 9.84. The summed E-state index contributed by atoms with van der Waals surface area (Å²) >= 11 is 0. The lowest BCUT2D eigenvalue weighted by molar-refractivity contribution is -0.141. The van der Waals surface area contributed by atoms with Crippen molar-refractivity contribution in [2.45, 2.75) is 37.3 Å². The Kier molecular flexibility index (Phi) is 3.78. The molecule has 0 aliphatic carbocycles. The van der Waals surface area contributed by atoms with Crippen LogP contribution in [0.2, 0.25) is 0 Å². The summed E-state index contributed by atoms with van der Waals surface area (Å²) in [5.74, 6) is 0.216. The van der Waals surface area contributed by atoms with Crippen molar-refractivity contribution in [3.8, 4) is 0 Å². The Morgan fingerprint density at radius 1 is 1.42 bits per heavy atom. The average Bonchev–Trinajstić information content (AvgIpc) is 3.08. The second-order valence-electron chi connectivity index (χ2n) is 5.97. The Balaban J connectivity index is 1.56. The molecule has 0 aromatic rings. The van der Waals surface area contributed by atoms with Gasteiger partial charge in [0.05, 0.1) is 6.61 Å². The topological polar surface area (TPSA) is 42.0 Å². The molecule has 19 heavy (non-hydrogen) atoms. The van der Waals surface area contributed by atoms with E-state index in [2.05, 4.69) is 4.90 Å². The van der Waals surface area contributed by atoms with Gasteiger partial charge in [-0.1, -0.05) is 0 Å². The zero-order valence-corrected chi connectivity index (χ0v) is 11.8. The van der Waals surface area contributed by atoms with Crippen molar-refractivity contribution in [1.82, 2.24) is 9.80 Å². The van der Waals surface area contributed by atoms with E-state index in [0.717, 1.165) is 58.7 Å². The van der Waals surface area contributed by atoms with Crippen molar-refractivity contribution >= 4 is 5.91 Å². The normalized spacial score (nSPS) is 35.0. The van der Waals surface area contributed by atoms with E-state index < -0.39 is 0 Å². The number of ether oxygens (including phenoxy) is 2. The Morgan fingerprint density at radius 2 is 2.26 bits per heavy atom. The molecular formula is C14H24N2O3. The highest BCUT2D eigenvalue weighted by molar-refractivity contribution is 5.81. The molecule has 0 unspecified atom stereocenters. The SMILES string of the molecule is COCCN1CC[C@]12CCN(C(=O)[C@@H]1CCCO1)C2. The predicted octanol–water partition coefficient (Wildman–Crippen LogP) is 0.489. The Bertz CT molecular complexity index is 344. The van der Waals surface area contributed by atoms with Gasteiger partial charge in [0.2, 0.25) is 0 Å². The van der Waals surface area contributed by atoms with Gasteiger partial charge in [-0.2, -0.15) is 0 Å². The molecule has 1 amide bonds. The van der Waals surface area contributed by atoms with E-state index in [9.17, 15) is 4.79 Å². The maximum Gasteiger partial charge on any atom is 0.251 e. The Hall–Kier alpha value is -0.650. The first-order valence-electron chi connectivity index (χ1n) is 7.40. The molecule has 0 radical (unpaired) electrons. The van der Waals surface area contributed by atoms with Crippen molar-refractivity contribution in [2.24, 2.45) is 0 Å². The van der Waals surface area contributed by atoms with Gasteiger partial charge >= 0.3 is 0 Å². The molecule has 0 N–H and O–H groups in total. The molecule has 3 fully saturated rings. The number of carbonyl (C=O) groups is 1. The number of hydrogen-bond donors (Lipinski definition) is 0. The van der Waals surface area contributed by atoms with Gasteiger partial charge < -0.3 is 14.4 Å². The van der Waals surface area contributed by atoms with Crippen molar-refractivity contribution in [2.75, 3.05) is 46.5 Å². The molecular weight excluding hydrogens is 244 g/mol. The van der Waals surface area contributed by atoms with E-state index in [1.54, 1.807) is 7.11 Å². The van der Waals surface area contributed by atoms with Gasteiger partial charge in [0, 0.05) is 45.4 Å². The van der Waals surface area contributed by atoms with Crippen LogP contribution in [0.15, 0.2) is 0 Å². The Morgan fingerprint density at radius 3 is 2.89 bits per heavy atom. The lowest BCUT2D eigenvalue weighted by Crippen LogP contribution is -2.62. The van der Waals surface area contributed by atoms with E-state index in [-0.39, 0.29) is 17.6 Å². The summed E-state index contributed by atoms with van der Waals surface area (Å²) in [6.45, 7) is 5.43. The third-order valence-electron chi connectivity index (χ3n) is 4.93. The molecule has 108 valence electrons. The summed E-state index contributed by atoms with van der Waals surface area (Å²) in [7, 11) is 1.74. The minimum atomic E-state index is -0.164. The van der Waals surface area contributed by atoms with Crippen LogP contribution in [0.5, 0.6) is 0 Å². The van der Waals surface area contributed by atoms with Crippen LogP contribution in [0.1, 0.15) is 25.7 Å². The van der Waals surface area contributed by atoms with Crippen LogP contribution in [0.4, 0.5) is 0 Å². The summed E-state index contributed by atoms with van der Waals surface area (Å²) in [5, 5.41) is 0. The largest absolute Gasteiger partial charge is 0.383 e. The van der Waals surface area contributed by atoms with Crippen LogP contribution in [0, 0.1) is 0 Å². The zero-order valence-electron chi connectivity index (χ0n) is 11.8. The third kappa shape index (κ3) is 2.39. The maximum atomic E-state index is 12.4. The highest BCUT2D eigenvalue weighted by Gasteiger charge is 2.50. The molecule has 3 heterocycles. The standard InChI is InChI=1S/C14H24N2O3/c1-18-10-8-16-7-5-14(16)4-6-15(11-14)13(17)12-3-2-9-19-12/h12H,2-11H2,1H3/t12-,14-/m0/s1. The molecule has 1 spiro atoms. The van der Waals surface area contributed by atoms with Crippen LogP contribution in [0.25, 0.3) is 0 Å². The summed E-state index contributed by atoms with van der Waals surface area (Å²) in [5.41, 5.74) is 0.243. The highest BCUT2D eigenvalue weighted by atomic mass is 16.5. The third-order valence-corrected chi connectivity index (χ3v) is 4.93. The van der Waals surface area contributed by atoms with Crippen molar-refractivity contribution in [3.63, 3.8) is 0 Å². The van der Waals surface area contributed by atoms with Gasteiger partial charge in [-0.25, -0.2) is 0 Å². The second-order valence-corrected chi connectivity index (χ2v) is 5.97. The van der Waals surface area contributed by atoms with Gasteiger partial charge in [0.15, 0.2) is 0 Å². The molecule has 3 aliphatic rings. The summed E-state index contributed by atoms with van der Waals surface area (Å²) < 4.78 is 10.7. The van der Waals surface area contributed by atoms with Gasteiger partial charge in [-0.05, 0) is 25.7 Å². The Labute approximate surface area is 114 Å². The van der Waals surface area contributed by atoms with Crippen LogP contribution in [-0.2, 0) is 14.3 Å². The van der Waals surface area contributed by atoms with Crippen LogP contribution >= 0.6 is 0 Å². The minimum Gasteiger partial charge on any atom is -0.383 e. The molecule has 5 nitrogen and oxygen atoms in total. The number of nitrogens with zero attached hydrogens (tertiary/aromatic N) is 2. The summed E-state index contributed by atoms with van der Waals surface area (Å²) in [6, 6.07) is 0. The summed E-state index contributed by atoms with van der Waals surface area (Å²) in [4.78, 5) is 16.9. The van der Waals surface area contributed by atoms with Gasteiger partial charge in [-0.15, -0.1) is 0 Å². The van der Waals surface area contributed by atoms with E-state index in [0.29, 0.717) is 0 Å². The number of amides is 1. The fraction of sp³-hybridized carbons (Fsp3) is 0.929. The van der Waals surface area contributed by atoms with Crippen LogP contribution in [-0.4, -0.2) is 73.9 Å². The smallest absolute Gasteiger partial charge is 0.251 e. The molecule has 3 rings (SSSR count). The van der Waals surface area contributed by atoms with Crippen molar-refractivity contribution in [3.05, 3.63) is 0 Å². The zero-order chi connectivity index (χ0) is 13.3. The summed E-state index contributed by atoms with van der Waals surface area (Å²) in [6.07, 6.45) is 4.08.